The second kappa shape index (κ2) is 34.3. The molecule has 328 valence electrons. The van der Waals surface area contributed by atoms with Crippen molar-refractivity contribution in [3.05, 3.63) is 24.5 Å². The average Bonchev–Trinajstić information content (AvgIpc) is 3.43. The van der Waals surface area contributed by atoms with Gasteiger partial charge in [0.2, 0.25) is 0 Å². The van der Waals surface area contributed by atoms with Crippen molar-refractivity contribution in [2.24, 2.45) is 17.6 Å². The maximum Gasteiger partial charge on any atom is 0.472 e. The van der Waals surface area contributed by atoms with Gasteiger partial charge in [-0.25, -0.2) is 4.57 Å². The lowest BCUT2D eigenvalue weighted by Crippen LogP contribution is -2.28. The highest BCUT2D eigenvalue weighted by atomic mass is 31.2. The van der Waals surface area contributed by atoms with Gasteiger partial charge in [-0.3, -0.25) is 18.6 Å². The molecule has 1 aliphatic carbocycles. The number of carbonyl (C=O) groups is 2. The third-order valence-electron chi connectivity index (χ3n) is 10.4. The predicted octanol–water partition coefficient (Wildman–Crippen LogP) is 8.77. The molecule has 0 spiro atoms. The number of nitrogens with two attached hydrogens (primary N) is 1. The quantitative estimate of drug-likeness (QED) is 0.0131. The van der Waals surface area contributed by atoms with Crippen LogP contribution in [-0.2, 0) is 32.7 Å². The minimum absolute atomic E-state index is 0.0191. The molecule has 0 radical (unpaired) electrons. The normalized spacial score (nSPS) is 20.8. The lowest BCUT2D eigenvalue weighted by atomic mass is 9.87. The summed E-state index contributed by atoms with van der Waals surface area (Å²) in [7, 11) is -4.40. The van der Waals surface area contributed by atoms with Crippen LogP contribution in [0.25, 0.3) is 0 Å². The molecule has 1 saturated carbocycles. The SMILES string of the molecule is CCCCCCCCCCCCCCCC/C=C/OC[C@H](COP(=O)(O)OCCN)OC(=O)CCCCC(=O)C[C@@H]1[C@@H](/C=C/[C@@H](O)CCCCC)[C@H](O)C[C@@H]1O. The molecular formula is C43H80NO11P. The molecule has 0 aromatic rings. The first-order valence-electron chi connectivity index (χ1n) is 22.0. The minimum Gasteiger partial charge on any atom is -0.498 e. The Morgan fingerprint density at radius 2 is 1.38 bits per heavy atom. The van der Waals surface area contributed by atoms with E-state index in [4.69, 9.17) is 24.3 Å². The molecule has 6 N–H and O–H groups in total. The van der Waals surface area contributed by atoms with Gasteiger partial charge in [0.25, 0.3) is 0 Å². The number of esters is 1. The molecule has 13 heteroatoms. The summed E-state index contributed by atoms with van der Waals surface area (Å²) in [4.78, 5) is 35.4. The fourth-order valence-electron chi connectivity index (χ4n) is 7.08. The van der Waals surface area contributed by atoms with Crippen molar-refractivity contribution in [2.75, 3.05) is 26.4 Å². The number of carbonyl (C=O) groups excluding carboxylic acids is 2. The Kier molecular flexibility index (Phi) is 32.0. The van der Waals surface area contributed by atoms with E-state index in [1.54, 1.807) is 18.4 Å². The minimum atomic E-state index is -4.40. The third-order valence-corrected chi connectivity index (χ3v) is 11.4. The van der Waals surface area contributed by atoms with Crippen LogP contribution in [0.2, 0.25) is 0 Å². The highest BCUT2D eigenvalue weighted by Gasteiger charge is 2.41. The molecule has 0 heterocycles. The van der Waals surface area contributed by atoms with Crippen LogP contribution in [0.1, 0.15) is 174 Å². The molecule has 0 saturated heterocycles. The Bertz CT molecular complexity index is 1090. The molecule has 1 rings (SSSR count). The highest BCUT2D eigenvalue weighted by Crippen LogP contribution is 2.43. The summed E-state index contributed by atoms with van der Waals surface area (Å²) in [5, 5.41) is 31.3. The van der Waals surface area contributed by atoms with E-state index in [1.807, 2.05) is 6.08 Å². The van der Waals surface area contributed by atoms with Gasteiger partial charge in [-0.1, -0.05) is 129 Å². The number of phosphoric acid groups is 1. The number of ether oxygens (including phenoxy) is 2. The van der Waals surface area contributed by atoms with Crippen molar-refractivity contribution < 1.29 is 52.9 Å². The van der Waals surface area contributed by atoms with Crippen molar-refractivity contribution in [3.8, 4) is 0 Å². The number of hydrogen-bond acceptors (Lipinski definition) is 11. The number of Topliss-reactive ketones (excluding diaryl/α,β-unsaturated/α-hetero) is 1. The van der Waals surface area contributed by atoms with Crippen LogP contribution in [0.3, 0.4) is 0 Å². The number of unbranched alkanes of at least 4 members (excludes halogenated alkanes) is 17. The van der Waals surface area contributed by atoms with Crippen molar-refractivity contribution in [2.45, 2.75) is 199 Å². The average molecular weight is 818 g/mol. The Balaban J connectivity index is 2.40. The van der Waals surface area contributed by atoms with Gasteiger partial charge < -0.3 is 35.4 Å². The van der Waals surface area contributed by atoms with Crippen molar-refractivity contribution >= 4 is 19.6 Å². The maximum absolute atomic E-state index is 12.8. The van der Waals surface area contributed by atoms with E-state index in [1.165, 1.54) is 77.0 Å². The van der Waals surface area contributed by atoms with E-state index in [0.29, 0.717) is 19.3 Å². The Labute approximate surface area is 339 Å². The Morgan fingerprint density at radius 1 is 0.786 bits per heavy atom. The van der Waals surface area contributed by atoms with Crippen LogP contribution in [-0.4, -0.2) is 82.7 Å². The standard InChI is InChI=1S/C43H80NO11P/c1-3-5-7-8-9-10-11-12-13-14-15-16-17-18-19-23-30-52-34-38(35-54-56(50,51)53-31-29-44)55-43(49)26-22-21-25-37(46)32-40-39(41(47)33-42(40)48)28-27-36(45)24-20-6-4-2/h23,27-28,30,36,38-42,45,47-48H,3-22,24-26,29,31-35,44H2,1-2H3,(H,50,51)/b28-27+,30-23+/t36-,38+,39+,40+,41+,42-/m0/s1. The Hall–Kier alpha value is -1.63. The number of aliphatic hydroxyl groups excluding tert-OH is 3. The molecule has 1 fully saturated rings. The first kappa shape index (κ1) is 52.4. The van der Waals surface area contributed by atoms with Gasteiger partial charge in [-0.05, 0) is 38.2 Å². The molecular weight excluding hydrogens is 737 g/mol. The maximum atomic E-state index is 12.8. The molecule has 0 aromatic heterocycles. The van der Waals surface area contributed by atoms with E-state index < -0.39 is 56.7 Å². The van der Waals surface area contributed by atoms with Crippen molar-refractivity contribution in [3.63, 3.8) is 0 Å². The lowest BCUT2D eigenvalue weighted by molar-refractivity contribution is -0.153. The van der Waals surface area contributed by atoms with Gasteiger partial charge >= 0.3 is 13.8 Å². The van der Waals surface area contributed by atoms with Crippen LogP contribution in [0, 0.1) is 11.8 Å². The third kappa shape index (κ3) is 27.9. The van der Waals surface area contributed by atoms with Crippen LogP contribution >= 0.6 is 7.82 Å². The van der Waals surface area contributed by atoms with E-state index in [2.05, 4.69) is 13.8 Å². The molecule has 1 unspecified atom stereocenters. The zero-order valence-corrected chi connectivity index (χ0v) is 35.8. The van der Waals surface area contributed by atoms with Crippen LogP contribution < -0.4 is 5.73 Å². The summed E-state index contributed by atoms with van der Waals surface area (Å²) < 4.78 is 33.1. The zero-order chi connectivity index (χ0) is 41.3. The summed E-state index contributed by atoms with van der Waals surface area (Å²) in [5.74, 6) is -1.49. The molecule has 1 aliphatic rings. The van der Waals surface area contributed by atoms with Gasteiger partial charge in [0, 0.05) is 44.1 Å². The largest absolute Gasteiger partial charge is 0.498 e. The monoisotopic (exact) mass is 818 g/mol. The highest BCUT2D eigenvalue weighted by molar-refractivity contribution is 7.47. The molecule has 12 nitrogen and oxygen atoms in total. The summed E-state index contributed by atoms with van der Waals surface area (Å²) in [5.41, 5.74) is 5.35. The van der Waals surface area contributed by atoms with Crippen molar-refractivity contribution in [1.82, 2.24) is 0 Å². The van der Waals surface area contributed by atoms with Gasteiger partial charge in [-0.2, -0.15) is 0 Å². The fraction of sp³-hybridized carbons (Fsp3) is 0.860. The predicted molar refractivity (Wildman–Crippen MR) is 222 cm³/mol. The molecule has 0 amide bonds. The number of aliphatic hydroxyl groups is 3. The van der Waals surface area contributed by atoms with E-state index >= 15 is 0 Å². The number of allylic oxidation sites excluding steroid dienone is 1. The van der Waals surface area contributed by atoms with Gasteiger partial charge in [0.05, 0.1) is 37.8 Å². The van der Waals surface area contributed by atoms with Crippen LogP contribution in [0.15, 0.2) is 24.5 Å². The molecule has 7 atom stereocenters. The molecule has 0 aromatic carbocycles. The number of ketones is 1. The molecule has 0 bridgehead atoms. The van der Waals surface area contributed by atoms with E-state index in [-0.39, 0.29) is 51.2 Å². The van der Waals surface area contributed by atoms with Crippen LogP contribution in [0.4, 0.5) is 0 Å². The summed E-state index contributed by atoms with van der Waals surface area (Å²) in [6.45, 7) is 3.70. The summed E-state index contributed by atoms with van der Waals surface area (Å²) in [6.07, 6.45) is 27.7. The smallest absolute Gasteiger partial charge is 0.472 e. The van der Waals surface area contributed by atoms with Gasteiger partial charge in [-0.15, -0.1) is 0 Å². The second-order valence-corrected chi connectivity index (χ2v) is 17.1. The lowest BCUT2D eigenvalue weighted by Gasteiger charge is -2.20. The van der Waals surface area contributed by atoms with Crippen molar-refractivity contribution in [1.29, 1.82) is 0 Å². The fourth-order valence-corrected chi connectivity index (χ4v) is 7.84. The van der Waals surface area contributed by atoms with Gasteiger partial charge in [0.15, 0.2) is 6.10 Å². The summed E-state index contributed by atoms with van der Waals surface area (Å²) in [6, 6.07) is 0. The summed E-state index contributed by atoms with van der Waals surface area (Å²) >= 11 is 0. The van der Waals surface area contributed by atoms with Crippen LogP contribution in [0.5, 0.6) is 0 Å². The first-order chi connectivity index (χ1) is 27.0. The number of phosphoric ester groups is 1. The van der Waals surface area contributed by atoms with E-state index in [0.717, 1.165) is 38.5 Å². The van der Waals surface area contributed by atoms with E-state index in [9.17, 15) is 34.4 Å². The molecule has 56 heavy (non-hydrogen) atoms. The number of rotatable bonds is 38. The first-order valence-corrected chi connectivity index (χ1v) is 23.5. The zero-order valence-electron chi connectivity index (χ0n) is 35.0. The van der Waals surface area contributed by atoms with Gasteiger partial charge in [0.1, 0.15) is 12.4 Å². The second-order valence-electron chi connectivity index (χ2n) is 15.6. The topological polar surface area (TPSA) is 195 Å². The Morgan fingerprint density at radius 3 is 2.00 bits per heavy atom. The number of hydrogen-bond donors (Lipinski definition) is 5. The molecule has 0 aliphatic heterocycles.